The first-order chi connectivity index (χ1) is 14.1. The van der Waals surface area contributed by atoms with Crippen molar-refractivity contribution in [3.05, 3.63) is 64.7 Å². The van der Waals surface area contributed by atoms with Crippen molar-refractivity contribution in [3.8, 4) is 11.4 Å². The number of fused-ring (bicyclic) bond motifs is 2. The van der Waals surface area contributed by atoms with Gasteiger partial charge in [0, 0.05) is 11.6 Å². The summed E-state index contributed by atoms with van der Waals surface area (Å²) in [7, 11) is 0. The molecule has 2 heterocycles. The Kier molecular flexibility index (Phi) is 4.19. The van der Waals surface area contributed by atoms with Gasteiger partial charge in [-0.1, -0.05) is 31.4 Å². The number of benzene rings is 2. The molecule has 6 nitrogen and oxygen atoms in total. The van der Waals surface area contributed by atoms with Crippen LogP contribution >= 0.6 is 0 Å². The Morgan fingerprint density at radius 2 is 1.90 bits per heavy atom. The van der Waals surface area contributed by atoms with Crippen molar-refractivity contribution in [2.75, 3.05) is 0 Å². The lowest BCUT2D eigenvalue weighted by Crippen LogP contribution is -2.14. The Balaban J connectivity index is 1.76. The van der Waals surface area contributed by atoms with Crippen LogP contribution in [0.2, 0.25) is 0 Å². The molecule has 1 N–H and O–H groups in total. The van der Waals surface area contributed by atoms with E-state index in [1.54, 1.807) is 18.2 Å². The molecule has 6 heteroatoms. The van der Waals surface area contributed by atoms with Crippen molar-refractivity contribution in [3.63, 3.8) is 0 Å². The van der Waals surface area contributed by atoms with E-state index in [9.17, 15) is 14.7 Å². The predicted molar refractivity (Wildman–Crippen MR) is 110 cm³/mol. The summed E-state index contributed by atoms with van der Waals surface area (Å²) in [6.45, 7) is 0. The van der Waals surface area contributed by atoms with Gasteiger partial charge in [0.1, 0.15) is 5.82 Å². The number of aromatic nitrogens is 2. The quantitative estimate of drug-likeness (QED) is 0.533. The molecule has 0 radical (unpaired) electrons. The van der Waals surface area contributed by atoms with Crippen molar-refractivity contribution >= 4 is 27.8 Å². The largest absolute Gasteiger partial charge is 0.478 e. The molecular weight excluding hydrogens is 368 g/mol. The molecule has 0 amide bonds. The van der Waals surface area contributed by atoms with E-state index in [-0.39, 0.29) is 11.2 Å². The summed E-state index contributed by atoms with van der Waals surface area (Å²) in [6, 6.07) is 12.8. The summed E-state index contributed by atoms with van der Waals surface area (Å²) in [4.78, 5) is 28.4. The summed E-state index contributed by atoms with van der Waals surface area (Å²) in [5, 5.41) is 10.7. The van der Waals surface area contributed by atoms with Gasteiger partial charge in [-0.25, -0.2) is 14.6 Å². The van der Waals surface area contributed by atoms with E-state index in [1.165, 1.54) is 12.7 Å². The van der Waals surface area contributed by atoms with Gasteiger partial charge in [-0.3, -0.25) is 0 Å². The molecule has 0 spiro atoms. The third-order valence-electron chi connectivity index (χ3n) is 5.83. The van der Waals surface area contributed by atoms with Crippen molar-refractivity contribution in [2.45, 2.75) is 38.1 Å². The zero-order valence-electron chi connectivity index (χ0n) is 15.8. The highest BCUT2D eigenvalue weighted by Gasteiger charge is 2.23. The van der Waals surface area contributed by atoms with Crippen LogP contribution in [0.5, 0.6) is 0 Å². The van der Waals surface area contributed by atoms with Crippen molar-refractivity contribution in [2.24, 2.45) is 0 Å². The van der Waals surface area contributed by atoms with Crippen LogP contribution in [0.25, 0.3) is 33.2 Å². The first-order valence-electron chi connectivity index (χ1n) is 9.89. The number of hydrogen-bond acceptors (Lipinski definition) is 4. The molecule has 4 aromatic rings. The van der Waals surface area contributed by atoms with Crippen LogP contribution in [0.1, 0.15) is 48.5 Å². The lowest BCUT2D eigenvalue weighted by Gasteiger charge is -2.25. The molecule has 0 atom stereocenters. The van der Waals surface area contributed by atoms with Crippen LogP contribution in [0.3, 0.4) is 0 Å². The average Bonchev–Trinajstić information content (AvgIpc) is 3.13. The fourth-order valence-corrected chi connectivity index (χ4v) is 4.39. The maximum absolute atomic E-state index is 12.2. The Morgan fingerprint density at radius 3 is 2.69 bits per heavy atom. The van der Waals surface area contributed by atoms with Gasteiger partial charge in [0.05, 0.1) is 28.2 Å². The number of carboxylic acids is 1. The first kappa shape index (κ1) is 17.7. The molecule has 0 saturated heterocycles. The minimum absolute atomic E-state index is 0.219. The lowest BCUT2D eigenvalue weighted by molar-refractivity contribution is 0.0697. The summed E-state index contributed by atoms with van der Waals surface area (Å²) in [6.07, 6.45) is 7.09. The zero-order chi connectivity index (χ0) is 20.0. The van der Waals surface area contributed by atoms with Crippen molar-refractivity contribution < 1.29 is 14.3 Å². The highest BCUT2D eigenvalue weighted by molar-refractivity contribution is 5.94. The third-order valence-corrected chi connectivity index (χ3v) is 5.83. The average molecular weight is 388 g/mol. The van der Waals surface area contributed by atoms with E-state index in [2.05, 4.69) is 4.57 Å². The number of carboxylic acid groups (broad SMARTS) is 1. The van der Waals surface area contributed by atoms with E-state index in [1.807, 2.05) is 24.3 Å². The van der Waals surface area contributed by atoms with Crippen molar-refractivity contribution in [1.82, 2.24) is 9.55 Å². The molecule has 1 saturated carbocycles. The second-order valence-corrected chi connectivity index (χ2v) is 7.62. The third kappa shape index (κ3) is 3.01. The highest BCUT2D eigenvalue weighted by atomic mass is 16.4. The predicted octanol–water partition coefficient (Wildman–Crippen LogP) is 5.01. The normalized spacial score (nSPS) is 15.2. The Labute approximate surface area is 166 Å². The summed E-state index contributed by atoms with van der Waals surface area (Å²) < 4.78 is 7.26. The highest BCUT2D eigenvalue weighted by Crippen LogP contribution is 2.36. The number of aromatic carboxylic acids is 1. The smallest absolute Gasteiger partial charge is 0.343 e. The van der Waals surface area contributed by atoms with Gasteiger partial charge in [0.15, 0.2) is 0 Å². The number of rotatable bonds is 3. The molecule has 2 aromatic heterocycles. The number of carbonyl (C=O) groups is 1. The Morgan fingerprint density at radius 1 is 1.07 bits per heavy atom. The van der Waals surface area contributed by atoms with Gasteiger partial charge >= 0.3 is 11.6 Å². The summed E-state index contributed by atoms with van der Waals surface area (Å²) in [5.74, 6) is -0.205. The van der Waals surface area contributed by atoms with Gasteiger partial charge in [-0.05, 0) is 48.6 Å². The summed E-state index contributed by atoms with van der Waals surface area (Å²) >= 11 is 0. The molecule has 1 fully saturated rings. The lowest BCUT2D eigenvalue weighted by atomic mass is 9.94. The van der Waals surface area contributed by atoms with Crippen LogP contribution in [0, 0.1) is 0 Å². The van der Waals surface area contributed by atoms with Crippen molar-refractivity contribution in [1.29, 1.82) is 0 Å². The van der Waals surface area contributed by atoms with Gasteiger partial charge < -0.3 is 14.1 Å². The van der Waals surface area contributed by atoms with Gasteiger partial charge in [-0.15, -0.1) is 0 Å². The van der Waals surface area contributed by atoms with E-state index in [0.29, 0.717) is 16.9 Å². The van der Waals surface area contributed by atoms with E-state index < -0.39 is 5.97 Å². The van der Waals surface area contributed by atoms with Crippen LogP contribution in [0.4, 0.5) is 0 Å². The molecule has 2 aromatic carbocycles. The molecule has 146 valence electrons. The fraction of sp³-hybridized carbons (Fsp3) is 0.261. The van der Waals surface area contributed by atoms with E-state index in [0.717, 1.165) is 48.0 Å². The first-order valence-corrected chi connectivity index (χ1v) is 9.89. The second kappa shape index (κ2) is 6.88. The molecule has 1 aliphatic rings. The molecule has 5 rings (SSSR count). The van der Waals surface area contributed by atoms with Crippen LogP contribution in [-0.2, 0) is 0 Å². The monoisotopic (exact) mass is 388 g/mol. The van der Waals surface area contributed by atoms with Crippen LogP contribution < -0.4 is 5.63 Å². The Hall–Kier alpha value is -3.41. The molecule has 1 aliphatic carbocycles. The van der Waals surface area contributed by atoms with Gasteiger partial charge in [0.2, 0.25) is 0 Å². The number of hydrogen-bond donors (Lipinski definition) is 1. The minimum atomic E-state index is -0.969. The standard InChI is InChI=1S/C23H20N2O4/c26-22(27)16-8-9-20-19(13-16)24-21(25(20)17-4-2-1-3-5-17)15-7-6-14-10-11-29-23(28)18(14)12-15/h6-13,17H,1-5H2,(H,26,27). The molecular formula is C23H20N2O4. The fourth-order valence-electron chi connectivity index (χ4n) is 4.39. The summed E-state index contributed by atoms with van der Waals surface area (Å²) in [5.41, 5.74) is 2.26. The van der Waals surface area contributed by atoms with Crippen LogP contribution in [0.15, 0.2) is 57.9 Å². The van der Waals surface area contributed by atoms with E-state index >= 15 is 0 Å². The Bertz CT molecular complexity index is 1300. The maximum Gasteiger partial charge on any atom is 0.343 e. The van der Waals surface area contributed by atoms with E-state index in [4.69, 9.17) is 9.40 Å². The SMILES string of the molecule is O=C(O)c1ccc2c(c1)nc(-c1ccc3ccoc(=O)c3c1)n2C1CCCCC1. The zero-order valence-corrected chi connectivity index (χ0v) is 15.8. The van der Waals surface area contributed by atoms with Gasteiger partial charge in [-0.2, -0.15) is 0 Å². The number of nitrogens with zero attached hydrogens (tertiary/aromatic N) is 2. The molecule has 29 heavy (non-hydrogen) atoms. The second-order valence-electron chi connectivity index (χ2n) is 7.62. The van der Waals surface area contributed by atoms with Gasteiger partial charge in [0.25, 0.3) is 0 Å². The molecule has 0 unspecified atom stereocenters. The number of imidazole rings is 1. The molecule has 0 aliphatic heterocycles. The topological polar surface area (TPSA) is 85.3 Å². The maximum atomic E-state index is 12.2. The molecule has 0 bridgehead atoms. The van der Waals surface area contributed by atoms with Crippen LogP contribution in [-0.4, -0.2) is 20.6 Å². The minimum Gasteiger partial charge on any atom is -0.478 e.